The highest BCUT2D eigenvalue weighted by Gasteiger charge is 2.24. The molecule has 0 bridgehead atoms. The van der Waals surface area contributed by atoms with Crippen LogP contribution in [-0.4, -0.2) is 46.6 Å². The van der Waals surface area contributed by atoms with E-state index >= 15 is 0 Å². The third kappa shape index (κ3) is 4.30. The fraction of sp³-hybridized carbons (Fsp3) is 0.471. The van der Waals surface area contributed by atoms with Crippen molar-refractivity contribution < 1.29 is 9.53 Å². The molecule has 1 unspecified atom stereocenters. The minimum atomic E-state index is -0.0558. The summed E-state index contributed by atoms with van der Waals surface area (Å²) in [7, 11) is 0. The summed E-state index contributed by atoms with van der Waals surface area (Å²) in [5.41, 5.74) is 1.64. The van der Waals surface area contributed by atoms with E-state index in [1.54, 1.807) is 23.7 Å². The maximum atomic E-state index is 12.9. The first-order valence-electron chi connectivity index (χ1n) is 8.24. The first kappa shape index (κ1) is 16.9. The van der Waals surface area contributed by atoms with Gasteiger partial charge in [-0.15, -0.1) is 0 Å². The fourth-order valence-electron chi connectivity index (χ4n) is 2.73. The summed E-state index contributed by atoms with van der Waals surface area (Å²) in [5.74, 6) is 0.484. The van der Waals surface area contributed by atoms with Gasteiger partial charge in [-0.05, 0) is 42.2 Å². The smallest absolute Gasteiger partial charge is 0.257 e. The maximum Gasteiger partial charge on any atom is 0.257 e. The van der Waals surface area contributed by atoms with E-state index in [4.69, 9.17) is 4.74 Å². The van der Waals surface area contributed by atoms with E-state index in [-0.39, 0.29) is 12.0 Å². The molecule has 1 fully saturated rings. The van der Waals surface area contributed by atoms with Crippen molar-refractivity contribution in [3.8, 4) is 0 Å². The Balaban J connectivity index is 1.73. The van der Waals surface area contributed by atoms with Crippen LogP contribution >= 0.6 is 11.3 Å². The second kappa shape index (κ2) is 8.21. The fourth-order valence-corrected chi connectivity index (χ4v) is 3.39. The summed E-state index contributed by atoms with van der Waals surface area (Å²) in [4.78, 5) is 23.1. The second-order valence-corrected chi connectivity index (χ2v) is 6.56. The molecule has 6 nitrogen and oxygen atoms in total. The van der Waals surface area contributed by atoms with Gasteiger partial charge in [0.05, 0.1) is 11.7 Å². The molecule has 1 aliphatic rings. The Bertz CT molecular complexity index is 639. The predicted octanol–water partition coefficient (Wildman–Crippen LogP) is 2.79. The molecule has 1 amide bonds. The van der Waals surface area contributed by atoms with Crippen molar-refractivity contribution in [1.82, 2.24) is 14.9 Å². The molecule has 7 heteroatoms. The van der Waals surface area contributed by atoms with Crippen molar-refractivity contribution in [2.75, 3.05) is 25.0 Å². The number of anilines is 1. The van der Waals surface area contributed by atoms with E-state index in [9.17, 15) is 4.79 Å². The molecule has 1 aliphatic heterocycles. The molecule has 2 aromatic heterocycles. The molecular weight excluding hydrogens is 324 g/mol. The molecule has 3 rings (SSSR count). The Hall–Kier alpha value is -1.99. The van der Waals surface area contributed by atoms with Gasteiger partial charge in [0.15, 0.2) is 0 Å². The molecule has 0 aromatic carbocycles. The molecule has 1 saturated heterocycles. The van der Waals surface area contributed by atoms with Crippen LogP contribution in [0, 0.1) is 0 Å². The van der Waals surface area contributed by atoms with E-state index in [1.807, 2.05) is 23.3 Å². The minimum absolute atomic E-state index is 0.0558. The summed E-state index contributed by atoms with van der Waals surface area (Å²) in [6.45, 7) is 4.69. The van der Waals surface area contributed by atoms with Crippen LogP contribution in [0.15, 0.2) is 29.2 Å². The molecule has 3 heterocycles. The summed E-state index contributed by atoms with van der Waals surface area (Å²) < 4.78 is 5.71. The van der Waals surface area contributed by atoms with Gasteiger partial charge in [-0.3, -0.25) is 4.79 Å². The van der Waals surface area contributed by atoms with Crippen molar-refractivity contribution in [3.05, 3.63) is 40.3 Å². The molecule has 0 radical (unpaired) electrons. The van der Waals surface area contributed by atoms with Crippen molar-refractivity contribution in [1.29, 1.82) is 0 Å². The number of aromatic nitrogens is 2. The topological polar surface area (TPSA) is 67.4 Å². The number of carbonyl (C=O) groups excluding carboxylic acids is 1. The van der Waals surface area contributed by atoms with Gasteiger partial charge in [-0.2, -0.15) is 11.3 Å². The number of ether oxygens (including phenoxy) is 1. The van der Waals surface area contributed by atoms with Crippen LogP contribution in [0.2, 0.25) is 0 Å². The van der Waals surface area contributed by atoms with Crippen molar-refractivity contribution in [3.63, 3.8) is 0 Å². The third-order valence-electron chi connectivity index (χ3n) is 3.92. The standard InChI is InChI=1S/C17H22N4O2S/c1-2-18-17-19-8-14(9-20-17)16(22)21(10-13-5-7-24-12-13)11-15-4-3-6-23-15/h5,7-9,12,15H,2-4,6,10-11H2,1H3,(H,18,19,20). The Labute approximate surface area is 145 Å². The highest BCUT2D eigenvalue weighted by Crippen LogP contribution is 2.18. The molecule has 0 aliphatic carbocycles. The zero-order valence-corrected chi connectivity index (χ0v) is 14.6. The van der Waals surface area contributed by atoms with Crippen molar-refractivity contribution in [2.45, 2.75) is 32.4 Å². The Morgan fingerprint density at radius 2 is 2.29 bits per heavy atom. The van der Waals surface area contributed by atoms with Crippen molar-refractivity contribution in [2.24, 2.45) is 0 Å². The zero-order valence-electron chi connectivity index (χ0n) is 13.8. The normalized spacial score (nSPS) is 17.0. The van der Waals surface area contributed by atoms with Gasteiger partial charge in [-0.1, -0.05) is 0 Å². The summed E-state index contributed by atoms with van der Waals surface area (Å²) in [6.07, 6.45) is 5.36. The lowest BCUT2D eigenvalue weighted by molar-refractivity contribution is 0.0507. The van der Waals surface area contributed by atoms with E-state index in [0.717, 1.165) is 31.6 Å². The molecular formula is C17H22N4O2S. The van der Waals surface area contributed by atoms with Gasteiger partial charge in [0.25, 0.3) is 5.91 Å². The second-order valence-electron chi connectivity index (χ2n) is 5.78. The predicted molar refractivity (Wildman–Crippen MR) is 94.2 cm³/mol. The highest BCUT2D eigenvalue weighted by molar-refractivity contribution is 7.07. The summed E-state index contributed by atoms with van der Waals surface area (Å²) >= 11 is 1.64. The van der Waals surface area contributed by atoms with E-state index < -0.39 is 0 Å². The average Bonchev–Trinajstić information content (AvgIpc) is 3.28. The van der Waals surface area contributed by atoms with Gasteiger partial charge in [0.2, 0.25) is 5.95 Å². The summed E-state index contributed by atoms with van der Waals surface area (Å²) in [5, 5.41) is 7.13. The van der Waals surface area contributed by atoms with Crippen LogP contribution in [-0.2, 0) is 11.3 Å². The third-order valence-corrected chi connectivity index (χ3v) is 4.65. The summed E-state index contributed by atoms with van der Waals surface area (Å²) in [6, 6.07) is 2.05. The Morgan fingerprint density at radius 3 is 2.92 bits per heavy atom. The van der Waals surface area contributed by atoms with Gasteiger partial charge in [-0.25, -0.2) is 9.97 Å². The van der Waals surface area contributed by atoms with Gasteiger partial charge < -0.3 is 15.0 Å². The molecule has 0 spiro atoms. The van der Waals surface area contributed by atoms with Crippen LogP contribution in [0.5, 0.6) is 0 Å². The highest BCUT2D eigenvalue weighted by atomic mass is 32.1. The van der Waals surface area contributed by atoms with Crippen molar-refractivity contribution >= 4 is 23.2 Å². The Kier molecular flexibility index (Phi) is 5.77. The van der Waals surface area contributed by atoms with E-state index in [2.05, 4.69) is 20.7 Å². The van der Waals surface area contributed by atoms with Gasteiger partial charge >= 0.3 is 0 Å². The van der Waals surface area contributed by atoms with Gasteiger partial charge in [0, 0.05) is 38.6 Å². The number of hydrogen-bond acceptors (Lipinski definition) is 6. The van der Waals surface area contributed by atoms with E-state index in [1.165, 1.54) is 0 Å². The lowest BCUT2D eigenvalue weighted by Gasteiger charge is -2.25. The lowest BCUT2D eigenvalue weighted by atomic mass is 10.2. The number of hydrogen-bond donors (Lipinski definition) is 1. The quantitative estimate of drug-likeness (QED) is 0.835. The minimum Gasteiger partial charge on any atom is -0.376 e. The largest absolute Gasteiger partial charge is 0.376 e. The molecule has 2 aromatic rings. The molecule has 0 saturated carbocycles. The Morgan fingerprint density at radius 1 is 1.46 bits per heavy atom. The number of thiophene rings is 1. The number of carbonyl (C=O) groups is 1. The zero-order chi connectivity index (χ0) is 16.8. The number of nitrogens with zero attached hydrogens (tertiary/aromatic N) is 3. The molecule has 24 heavy (non-hydrogen) atoms. The van der Waals surface area contributed by atoms with Crippen LogP contribution in [0.4, 0.5) is 5.95 Å². The van der Waals surface area contributed by atoms with E-state index in [0.29, 0.717) is 24.6 Å². The SMILES string of the molecule is CCNc1ncc(C(=O)N(Cc2ccsc2)CC2CCCO2)cn1. The maximum absolute atomic E-state index is 12.9. The lowest BCUT2D eigenvalue weighted by Crippen LogP contribution is -2.37. The monoisotopic (exact) mass is 346 g/mol. The number of amides is 1. The molecule has 128 valence electrons. The average molecular weight is 346 g/mol. The number of nitrogens with one attached hydrogen (secondary N) is 1. The van der Waals surface area contributed by atoms with Crippen LogP contribution in [0.1, 0.15) is 35.7 Å². The van der Waals surface area contributed by atoms with Crippen LogP contribution in [0.25, 0.3) is 0 Å². The van der Waals surface area contributed by atoms with Crippen LogP contribution < -0.4 is 5.32 Å². The molecule has 1 atom stereocenters. The number of rotatable bonds is 7. The first-order chi connectivity index (χ1) is 11.8. The van der Waals surface area contributed by atoms with Crippen LogP contribution in [0.3, 0.4) is 0 Å². The van der Waals surface area contributed by atoms with Gasteiger partial charge in [0.1, 0.15) is 0 Å². The molecule has 1 N–H and O–H groups in total. The first-order valence-corrected chi connectivity index (χ1v) is 9.18.